The molecule has 1 N–H and O–H groups in total. The van der Waals surface area contributed by atoms with Gasteiger partial charge in [0.25, 0.3) is 0 Å². The summed E-state index contributed by atoms with van der Waals surface area (Å²) in [4.78, 5) is -0.187. The number of aliphatic hydroxyl groups is 1. The van der Waals surface area contributed by atoms with Gasteiger partial charge >= 0.3 is 0 Å². The van der Waals surface area contributed by atoms with Crippen LogP contribution in [0.1, 0.15) is 18.4 Å². The van der Waals surface area contributed by atoms with Gasteiger partial charge in [-0.05, 0) is 18.2 Å². The Bertz CT molecular complexity index is 699. The molecule has 0 heterocycles. The van der Waals surface area contributed by atoms with E-state index in [0.29, 0.717) is 0 Å². The third kappa shape index (κ3) is 4.54. The first-order valence-electron chi connectivity index (χ1n) is 6.16. The number of hydrogen-bond acceptors (Lipinski definition) is 4. The third-order valence-corrected chi connectivity index (χ3v) is 4.50. The maximum absolute atomic E-state index is 13.8. The van der Waals surface area contributed by atoms with E-state index in [1.165, 1.54) is 19.2 Å². The molecule has 0 aliphatic carbocycles. The topological polar surface area (TPSA) is 81.4 Å². The molecule has 0 aromatic heterocycles. The minimum Gasteiger partial charge on any atom is -0.395 e. The zero-order chi connectivity index (χ0) is 15.9. The lowest BCUT2D eigenvalue weighted by Crippen LogP contribution is -2.27. The van der Waals surface area contributed by atoms with Crippen LogP contribution in [0.5, 0.6) is 0 Å². The molecule has 1 aromatic rings. The number of nitrogens with zero attached hydrogens (tertiary/aromatic N) is 2. The largest absolute Gasteiger partial charge is 0.395 e. The Balaban J connectivity index is 3.04. The quantitative estimate of drug-likeness (QED) is 0.826. The van der Waals surface area contributed by atoms with E-state index in [1.807, 2.05) is 6.07 Å². The fourth-order valence-electron chi connectivity index (χ4n) is 1.48. The number of aliphatic hydroxyl groups excluding tert-OH is 1. The van der Waals surface area contributed by atoms with Crippen LogP contribution in [0.25, 0.3) is 0 Å². The van der Waals surface area contributed by atoms with Crippen molar-refractivity contribution in [1.29, 1.82) is 5.26 Å². The average molecular weight is 310 g/mol. The number of hydrogen-bond donors (Lipinski definition) is 1. The number of halogens is 1. The van der Waals surface area contributed by atoms with Crippen LogP contribution in [-0.2, 0) is 10.0 Å². The molecule has 0 saturated carbocycles. The standard InChI is InChI=1S/C14H15FN2O3S/c1-17(9-4-8-16)21(19,20)13-7-6-12(14(15)11-13)5-2-3-10-18/h6-7,11,18H,3-4,9-10H2,1H3. The smallest absolute Gasteiger partial charge is 0.242 e. The van der Waals surface area contributed by atoms with Gasteiger partial charge in [-0.3, -0.25) is 0 Å². The second kappa shape index (κ2) is 7.75. The highest BCUT2D eigenvalue weighted by atomic mass is 32.2. The van der Waals surface area contributed by atoms with E-state index in [2.05, 4.69) is 11.8 Å². The maximum atomic E-state index is 13.8. The van der Waals surface area contributed by atoms with Crippen molar-refractivity contribution >= 4 is 10.0 Å². The van der Waals surface area contributed by atoms with Crippen LogP contribution in [0.4, 0.5) is 4.39 Å². The van der Waals surface area contributed by atoms with Crippen molar-refractivity contribution in [2.75, 3.05) is 20.2 Å². The zero-order valence-electron chi connectivity index (χ0n) is 11.5. The summed E-state index contributed by atoms with van der Waals surface area (Å²) in [5.74, 6) is 4.34. The molecule has 112 valence electrons. The van der Waals surface area contributed by atoms with Gasteiger partial charge in [0.2, 0.25) is 10.0 Å². The fourth-order valence-corrected chi connectivity index (χ4v) is 2.66. The molecule has 0 aliphatic heterocycles. The Morgan fingerprint density at radius 1 is 1.38 bits per heavy atom. The molecule has 1 aromatic carbocycles. The van der Waals surface area contributed by atoms with Gasteiger partial charge in [0, 0.05) is 26.4 Å². The van der Waals surface area contributed by atoms with Crippen molar-refractivity contribution < 1.29 is 17.9 Å². The monoisotopic (exact) mass is 310 g/mol. The molecular formula is C14H15FN2O3S. The number of benzene rings is 1. The highest BCUT2D eigenvalue weighted by Crippen LogP contribution is 2.18. The van der Waals surface area contributed by atoms with Crippen LogP contribution >= 0.6 is 0 Å². The third-order valence-electron chi connectivity index (χ3n) is 2.65. The Morgan fingerprint density at radius 3 is 2.67 bits per heavy atom. The summed E-state index contributed by atoms with van der Waals surface area (Å²) < 4.78 is 39.1. The molecule has 0 saturated heterocycles. The van der Waals surface area contributed by atoms with Crippen LogP contribution in [0, 0.1) is 29.0 Å². The van der Waals surface area contributed by atoms with E-state index in [0.717, 1.165) is 10.4 Å². The normalized spacial score (nSPS) is 10.8. The molecule has 0 atom stereocenters. The number of sulfonamides is 1. The summed E-state index contributed by atoms with van der Waals surface area (Å²) in [7, 11) is -2.49. The van der Waals surface area contributed by atoms with Crippen molar-refractivity contribution in [2.45, 2.75) is 17.7 Å². The number of rotatable bonds is 5. The van der Waals surface area contributed by atoms with Gasteiger partial charge in [-0.15, -0.1) is 0 Å². The molecule has 0 aliphatic rings. The van der Waals surface area contributed by atoms with Gasteiger partial charge in [0.15, 0.2) is 0 Å². The van der Waals surface area contributed by atoms with Gasteiger partial charge in [-0.25, -0.2) is 12.8 Å². The highest BCUT2D eigenvalue weighted by molar-refractivity contribution is 7.89. The van der Waals surface area contributed by atoms with E-state index in [4.69, 9.17) is 10.4 Å². The van der Waals surface area contributed by atoms with E-state index >= 15 is 0 Å². The Labute approximate surface area is 123 Å². The van der Waals surface area contributed by atoms with Crippen molar-refractivity contribution in [1.82, 2.24) is 4.31 Å². The predicted octanol–water partition coefficient (Wildman–Crippen LogP) is 1.09. The van der Waals surface area contributed by atoms with Crippen LogP contribution in [0.2, 0.25) is 0 Å². The Hall–Kier alpha value is -1.93. The summed E-state index contributed by atoms with van der Waals surface area (Å²) >= 11 is 0. The minimum atomic E-state index is -3.82. The van der Waals surface area contributed by atoms with Gasteiger partial charge in [0.05, 0.1) is 23.1 Å². The van der Waals surface area contributed by atoms with Crippen LogP contribution in [-0.4, -0.2) is 38.0 Å². The lowest BCUT2D eigenvalue weighted by molar-refractivity contribution is 0.305. The number of nitriles is 1. The lowest BCUT2D eigenvalue weighted by atomic mass is 10.2. The van der Waals surface area contributed by atoms with E-state index in [9.17, 15) is 12.8 Å². The molecule has 0 amide bonds. The predicted molar refractivity (Wildman–Crippen MR) is 75.0 cm³/mol. The average Bonchev–Trinajstić information content (AvgIpc) is 2.46. The first kappa shape index (κ1) is 17.1. The van der Waals surface area contributed by atoms with Crippen molar-refractivity contribution in [2.24, 2.45) is 0 Å². The second-order valence-corrected chi connectivity index (χ2v) is 6.20. The van der Waals surface area contributed by atoms with Gasteiger partial charge in [0.1, 0.15) is 5.82 Å². The summed E-state index contributed by atoms with van der Waals surface area (Å²) in [5.41, 5.74) is 0.0714. The molecule has 0 spiro atoms. The molecule has 1 rings (SSSR count). The molecule has 0 unspecified atom stereocenters. The molecule has 21 heavy (non-hydrogen) atoms. The molecule has 7 heteroatoms. The summed E-state index contributed by atoms with van der Waals surface area (Å²) in [6.45, 7) is -0.0801. The fraction of sp³-hybridized carbons (Fsp3) is 0.357. The zero-order valence-corrected chi connectivity index (χ0v) is 12.3. The summed E-state index contributed by atoms with van der Waals surface area (Å²) in [6, 6.07) is 5.31. The van der Waals surface area contributed by atoms with Crippen molar-refractivity contribution in [3.05, 3.63) is 29.6 Å². The van der Waals surface area contributed by atoms with Gasteiger partial charge in [-0.1, -0.05) is 11.8 Å². The minimum absolute atomic E-state index is 0.0402. The van der Waals surface area contributed by atoms with Crippen molar-refractivity contribution in [3.63, 3.8) is 0 Å². The van der Waals surface area contributed by atoms with Crippen LogP contribution < -0.4 is 0 Å². The Kier molecular flexibility index (Phi) is 6.32. The highest BCUT2D eigenvalue weighted by Gasteiger charge is 2.21. The molecule has 5 nitrogen and oxygen atoms in total. The first-order chi connectivity index (χ1) is 9.93. The second-order valence-electron chi connectivity index (χ2n) is 4.15. The molecular weight excluding hydrogens is 295 g/mol. The molecule has 0 bridgehead atoms. The molecule has 0 fully saturated rings. The SMILES string of the molecule is CN(CCC#N)S(=O)(=O)c1ccc(C#CCCO)c(F)c1. The van der Waals surface area contributed by atoms with Gasteiger partial charge in [-0.2, -0.15) is 9.57 Å². The molecule has 0 radical (unpaired) electrons. The summed E-state index contributed by atoms with van der Waals surface area (Å²) in [6.07, 6.45) is 0.277. The Morgan fingerprint density at radius 2 is 2.10 bits per heavy atom. The maximum Gasteiger partial charge on any atom is 0.242 e. The van der Waals surface area contributed by atoms with E-state index < -0.39 is 15.8 Å². The van der Waals surface area contributed by atoms with E-state index in [-0.39, 0.29) is 36.5 Å². The lowest BCUT2D eigenvalue weighted by Gasteiger charge is -2.15. The summed E-state index contributed by atoms with van der Waals surface area (Å²) in [5, 5.41) is 17.1. The van der Waals surface area contributed by atoms with Gasteiger partial charge < -0.3 is 5.11 Å². The van der Waals surface area contributed by atoms with E-state index in [1.54, 1.807) is 0 Å². The van der Waals surface area contributed by atoms with Crippen molar-refractivity contribution in [3.8, 4) is 17.9 Å². The van der Waals surface area contributed by atoms with Crippen LogP contribution in [0.15, 0.2) is 23.1 Å². The first-order valence-corrected chi connectivity index (χ1v) is 7.60. The van der Waals surface area contributed by atoms with Crippen LogP contribution in [0.3, 0.4) is 0 Å².